The van der Waals surface area contributed by atoms with Crippen LogP contribution in [0.5, 0.6) is 5.75 Å². The lowest BCUT2D eigenvalue weighted by Crippen LogP contribution is -2.07. The fraction of sp³-hybridized carbons (Fsp3) is 0.222. The lowest BCUT2D eigenvalue weighted by Gasteiger charge is -2.12. The van der Waals surface area contributed by atoms with Crippen molar-refractivity contribution in [2.24, 2.45) is 7.05 Å². The maximum absolute atomic E-state index is 11.4. The molecule has 3 aromatic rings. The number of nitrogens with one attached hydrogen (secondary N) is 1. The summed E-state index contributed by atoms with van der Waals surface area (Å²) in [6, 6.07) is 5.76. The third-order valence-corrected chi connectivity index (χ3v) is 3.65. The summed E-state index contributed by atoms with van der Waals surface area (Å²) in [5, 5.41) is 14.8. The van der Waals surface area contributed by atoms with E-state index >= 15 is 0 Å². The number of fused-ring (bicyclic) bond motifs is 1. The van der Waals surface area contributed by atoms with Gasteiger partial charge >= 0.3 is 0 Å². The summed E-state index contributed by atoms with van der Waals surface area (Å²) in [5.74, 6) is 0.467. The van der Waals surface area contributed by atoms with Crippen LogP contribution in [0.3, 0.4) is 0 Å². The number of aromatic nitrogens is 3. The number of anilines is 1. The van der Waals surface area contributed by atoms with E-state index in [1.54, 1.807) is 18.0 Å². The highest BCUT2D eigenvalue weighted by atomic mass is 16.5. The van der Waals surface area contributed by atoms with E-state index in [0.29, 0.717) is 11.4 Å². The van der Waals surface area contributed by atoms with E-state index in [4.69, 9.17) is 19.6 Å². The van der Waals surface area contributed by atoms with Crippen molar-refractivity contribution in [3.05, 3.63) is 36.2 Å². The number of nitrogens with zero attached hydrogens (tertiary/aromatic N) is 3. The Kier molecular flexibility index (Phi) is 5.90. The minimum absolute atomic E-state index is 0.150. The molecule has 1 aromatic carbocycles. The number of pyridine rings is 1. The monoisotopic (exact) mass is 356 g/mol. The molecular weight excluding hydrogens is 336 g/mol. The van der Waals surface area contributed by atoms with Crippen LogP contribution >= 0.6 is 0 Å². The van der Waals surface area contributed by atoms with Gasteiger partial charge in [-0.15, -0.1) is 0 Å². The van der Waals surface area contributed by atoms with Gasteiger partial charge < -0.3 is 15.2 Å². The zero-order valence-electron chi connectivity index (χ0n) is 15.0. The van der Waals surface area contributed by atoms with Crippen LogP contribution < -0.4 is 10.1 Å². The van der Waals surface area contributed by atoms with E-state index in [0.717, 1.165) is 27.7 Å². The summed E-state index contributed by atoms with van der Waals surface area (Å²) in [7, 11) is 3.45. The van der Waals surface area contributed by atoms with E-state index in [2.05, 4.69) is 10.4 Å². The number of aryl methyl sites for hydroxylation is 2. The van der Waals surface area contributed by atoms with Crippen molar-refractivity contribution in [3.8, 4) is 17.0 Å². The van der Waals surface area contributed by atoms with Crippen LogP contribution in [0.25, 0.3) is 22.2 Å². The third kappa shape index (κ3) is 4.15. The first-order chi connectivity index (χ1) is 12.4. The predicted octanol–water partition coefficient (Wildman–Crippen LogP) is 2.61. The number of ether oxygens (including phenoxy) is 1. The van der Waals surface area contributed by atoms with Crippen LogP contribution in [-0.2, 0) is 16.6 Å². The number of methoxy groups -OCH3 is 1. The van der Waals surface area contributed by atoms with Gasteiger partial charge in [-0.25, -0.2) is 4.98 Å². The number of carbonyl (C=O) groups is 2. The lowest BCUT2D eigenvalue weighted by molar-refractivity contribution is -0.123. The molecule has 0 atom stereocenters. The van der Waals surface area contributed by atoms with Crippen LogP contribution in [-0.4, -0.2) is 39.4 Å². The van der Waals surface area contributed by atoms with E-state index in [1.807, 2.05) is 38.4 Å². The first-order valence-electron chi connectivity index (χ1n) is 7.73. The molecule has 0 saturated carbocycles. The van der Waals surface area contributed by atoms with Gasteiger partial charge in [-0.1, -0.05) is 0 Å². The van der Waals surface area contributed by atoms with Crippen LogP contribution in [0.1, 0.15) is 12.5 Å². The second-order valence-corrected chi connectivity index (χ2v) is 5.58. The Morgan fingerprint density at radius 2 is 2.04 bits per heavy atom. The number of hydrogen-bond donors (Lipinski definition) is 2. The molecule has 0 aliphatic heterocycles. The highest BCUT2D eigenvalue weighted by molar-refractivity contribution is 5.96. The molecule has 0 bridgehead atoms. The molecule has 0 aliphatic carbocycles. The maximum atomic E-state index is 11.4. The summed E-state index contributed by atoms with van der Waals surface area (Å²) in [4.78, 5) is 24.4. The largest absolute Gasteiger partial charge is 0.495 e. The molecule has 136 valence electrons. The highest BCUT2D eigenvalue weighted by Gasteiger charge is 2.12. The Bertz CT molecular complexity index is 950. The number of amides is 1. The molecule has 0 saturated heterocycles. The van der Waals surface area contributed by atoms with Gasteiger partial charge in [-0.05, 0) is 30.7 Å². The van der Waals surface area contributed by atoms with Crippen molar-refractivity contribution in [1.29, 1.82) is 0 Å². The summed E-state index contributed by atoms with van der Waals surface area (Å²) >= 11 is 0. The second kappa shape index (κ2) is 8.11. The van der Waals surface area contributed by atoms with Gasteiger partial charge in [0.1, 0.15) is 5.75 Å². The lowest BCUT2D eigenvalue weighted by atomic mass is 10.1. The summed E-state index contributed by atoms with van der Waals surface area (Å²) in [5.41, 5.74) is 4.30. The fourth-order valence-electron chi connectivity index (χ4n) is 2.58. The molecule has 2 aromatic heterocycles. The standard InChI is InChI=1S/C17H18N4O2.CH2O2/c1-10-5-14(12-8-18-21(3)9-12)20-15-7-16(19-11(2)22)17(23-4)6-13(10)15;2-1-3/h5-9H,1-4H3,(H,19,22);1H,(H,2,3). The molecule has 8 nitrogen and oxygen atoms in total. The van der Waals surface area contributed by atoms with Gasteiger partial charge in [0, 0.05) is 31.1 Å². The highest BCUT2D eigenvalue weighted by Crippen LogP contribution is 2.33. The number of carboxylic acid groups (broad SMARTS) is 1. The average molecular weight is 356 g/mol. The number of hydrogen-bond acceptors (Lipinski definition) is 5. The Morgan fingerprint density at radius 3 is 2.58 bits per heavy atom. The number of carbonyl (C=O) groups excluding carboxylic acids is 1. The minimum atomic E-state index is -0.250. The van der Waals surface area contributed by atoms with Crippen molar-refractivity contribution in [1.82, 2.24) is 14.8 Å². The second-order valence-electron chi connectivity index (χ2n) is 5.58. The maximum Gasteiger partial charge on any atom is 0.290 e. The number of benzene rings is 1. The fourth-order valence-corrected chi connectivity index (χ4v) is 2.58. The molecule has 26 heavy (non-hydrogen) atoms. The van der Waals surface area contributed by atoms with E-state index in [1.165, 1.54) is 6.92 Å². The van der Waals surface area contributed by atoms with Crippen molar-refractivity contribution in [2.45, 2.75) is 13.8 Å². The van der Waals surface area contributed by atoms with Crippen molar-refractivity contribution in [3.63, 3.8) is 0 Å². The average Bonchev–Trinajstić information content (AvgIpc) is 3.01. The van der Waals surface area contributed by atoms with Gasteiger partial charge in [0.2, 0.25) is 5.91 Å². The van der Waals surface area contributed by atoms with Crippen molar-refractivity contribution < 1.29 is 19.4 Å². The first kappa shape index (κ1) is 18.9. The Hall–Kier alpha value is -3.42. The summed E-state index contributed by atoms with van der Waals surface area (Å²) in [6.07, 6.45) is 3.71. The Balaban J connectivity index is 0.000000758. The molecule has 0 spiro atoms. The van der Waals surface area contributed by atoms with Crippen molar-refractivity contribution in [2.75, 3.05) is 12.4 Å². The van der Waals surface area contributed by atoms with E-state index in [9.17, 15) is 4.79 Å². The zero-order valence-corrected chi connectivity index (χ0v) is 15.0. The van der Waals surface area contributed by atoms with E-state index in [-0.39, 0.29) is 12.4 Å². The molecule has 0 aliphatic rings. The van der Waals surface area contributed by atoms with Gasteiger partial charge in [-0.3, -0.25) is 14.3 Å². The van der Waals surface area contributed by atoms with Gasteiger partial charge in [-0.2, -0.15) is 5.10 Å². The van der Waals surface area contributed by atoms with E-state index < -0.39 is 0 Å². The molecule has 1 amide bonds. The van der Waals surface area contributed by atoms with Crippen molar-refractivity contribution >= 4 is 29.0 Å². The predicted molar refractivity (Wildman–Crippen MR) is 98.2 cm³/mol. The SMILES string of the molecule is COc1cc2c(C)cc(-c3cnn(C)c3)nc2cc1NC(C)=O.O=CO. The third-order valence-electron chi connectivity index (χ3n) is 3.65. The summed E-state index contributed by atoms with van der Waals surface area (Å²) in [6.45, 7) is 3.25. The Labute approximate surface area is 150 Å². The minimum Gasteiger partial charge on any atom is -0.495 e. The van der Waals surface area contributed by atoms with Gasteiger partial charge in [0.25, 0.3) is 6.47 Å². The summed E-state index contributed by atoms with van der Waals surface area (Å²) < 4.78 is 7.12. The molecule has 0 fully saturated rings. The molecule has 0 radical (unpaired) electrons. The Morgan fingerprint density at radius 1 is 1.35 bits per heavy atom. The molecule has 8 heteroatoms. The quantitative estimate of drug-likeness (QED) is 0.699. The molecule has 2 N–H and O–H groups in total. The molecular formula is C18H20N4O4. The van der Waals surface area contributed by atoms with Crippen LogP contribution in [0, 0.1) is 6.92 Å². The molecule has 2 heterocycles. The normalized spacial score (nSPS) is 10.0. The van der Waals surface area contributed by atoms with Crippen LogP contribution in [0.4, 0.5) is 5.69 Å². The first-order valence-corrected chi connectivity index (χ1v) is 7.73. The van der Waals surface area contributed by atoms with Crippen LogP contribution in [0.2, 0.25) is 0 Å². The zero-order chi connectivity index (χ0) is 19.3. The van der Waals surface area contributed by atoms with Crippen LogP contribution in [0.15, 0.2) is 30.6 Å². The smallest absolute Gasteiger partial charge is 0.290 e. The molecule has 0 unspecified atom stereocenters. The topological polar surface area (TPSA) is 106 Å². The number of rotatable bonds is 3. The van der Waals surface area contributed by atoms with Gasteiger partial charge in [0.05, 0.1) is 30.2 Å². The van der Waals surface area contributed by atoms with Gasteiger partial charge in [0.15, 0.2) is 0 Å². The molecule has 3 rings (SSSR count).